The van der Waals surface area contributed by atoms with Gasteiger partial charge in [0.1, 0.15) is 11.6 Å². The first-order chi connectivity index (χ1) is 14.2. The Morgan fingerprint density at radius 1 is 1.17 bits per heavy atom. The van der Waals surface area contributed by atoms with Crippen LogP contribution >= 0.6 is 0 Å². The smallest absolute Gasteiger partial charge is 0.272 e. The number of nitrogen functional groups attached to an aromatic ring is 1. The fourth-order valence-electron chi connectivity index (χ4n) is 3.31. The molecule has 0 aliphatic heterocycles. The molecule has 3 rings (SSSR count). The maximum absolute atomic E-state index is 12.8. The van der Waals surface area contributed by atoms with Crippen LogP contribution in [0, 0.1) is 27.7 Å². The van der Waals surface area contributed by atoms with Crippen LogP contribution in [0.2, 0.25) is 0 Å². The number of nitrogens with zero attached hydrogens (tertiary/aromatic N) is 3. The molecule has 9 heteroatoms. The van der Waals surface area contributed by atoms with Crippen molar-refractivity contribution in [2.75, 3.05) is 11.2 Å². The number of aromatic nitrogens is 4. The zero-order valence-electron chi connectivity index (χ0n) is 17.7. The summed E-state index contributed by atoms with van der Waals surface area (Å²) in [5, 5.41) is 2.88. The molecular formula is C21H27N7O2. The molecule has 0 radical (unpaired) electrons. The summed E-state index contributed by atoms with van der Waals surface area (Å²) >= 11 is 0. The Hall–Kier alpha value is -3.62. The molecule has 0 aliphatic rings. The molecule has 5 N–H and O–H groups in total. The summed E-state index contributed by atoms with van der Waals surface area (Å²) in [7, 11) is 0. The van der Waals surface area contributed by atoms with E-state index in [1.165, 1.54) is 4.68 Å². The molecule has 0 saturated carbocycles. The van der Waals surface area contributed by atoms with Crippen LogP contribution in [0.5, 0.6) is 0 Å². The average molecular weight is 409 g/mol. The summed E-state index contributed by atoms with van der Waals surface area (Å²) in [5.74, 6) is 1.04. The highest BCUT2D eigenvalue weighted by Crippen LogP contribution is 2.14. The van der Waals surface area contributed by atoms with Crippen molar-refractivity contribution in [2.45, 2.75) is 47.2 Å². The predicted octanol–water partition coefficient (Wildman–Crippen LogP) is 1.38. The number of nitrogens with two attached hydrogens (primary N) is 1. The molecular weight excluding hydrogens is 382 g/mol. The lowest BCUT2D eigenvalue weighted by Crippen LogP contribution is -2.34. The molecule has 30 heavy (non-hydrogen) atoms. The van der Waals surface area contributed by atoms with E-state index < -0.39 is 0 Å². The van der Waals surface area contributed by atoms with E-state index in [1.807, 2.05) is 33.8 Å². The van der Waals surface area contributed by atoms with Gasteiger partial charge in [0.05, 0.1) is 24.9 Å². The molecule has 0 bridgehead atoms. The van der Waals surface area contributed by atoms with Crippen molar-refractivity contribution < 1.29 is 4.79 Å². The summed E-state index contributed by atoms with van der Waals surface area (Å²) in [6, 6.07) is 3.59. The van der Waals surface area contributed by atoms with Gasteiger partial charge in [-0.2, -0.15) is 0 Å². The topological polar surface area (TPSA) is 131 Å². The van der Waals surface area contributed by atoms with E-state index in [9.17, 15) is 9.59 Å². The second kappa shape index (κ2) is 8.81. The van der Waals surface area contributed by atoms with Crippen molar-refractivity contribution in [2.24, 2.45) is 0 Å². The minimum Gasteiger partial charge on any atom is -0.384 e. The van der Waals surface area contributed by atoms with Gasteiger partial charge < -0.3 is 21.5 Å². The minimum atomic E-state index is -0.247. The van der Waals surface area contributed by atoms with Gasteiger partial charge in [-0.05, 0) is 56.5 Å². The van der Waals surface area contributed by atoms with Crippen molar-refractivity contribution in [3.63, 3.8) is 0 Å². The first kappa shape index (κ1) is 21.1. The molecule has 0 fully saturated rings. The van der Waals surface area contributed by atoms with Crippen LogP contribution in [0.1, 0.15) is 39.5 Å². The summed E-state index contributed by atoms with van der Waals surface area (Å²) in [6.07, 6.45) is 3.37. The highest BCUT2D eigenvalue weighted by Gasteiger charge is 2.14. The van der Waals surface area contributed by atoms with Gasteiger partial charge >= 0.3 is 0 Å². The Bertz CT molecular complexity index is 1110. The average Bonchev–Trinajstić information content (AvgIpc) is 3.09. The number of carbonyl (C=O) groups excluding carboxylic acids is 1. The summed E-state index contributed by atoms with van der Waals surface area (Å²) in [6.45, 7) is 8.23. The molecule has 0 unspecified atom stereocenters. The first-order valence-electron chi connectivity index (χ1n) is 9.69. The number of anilines is 1. The van der Waals surface area contributed by atoms with Gasteiger partial charge in [0.15, 0.2) is 0 Å². The van der Waals surface area contributed by atoms with Gasteiger partial charge in [-0.3, -0.25) is 9.59 Å². The van der Waals surface area contributed by atoms with Crippen molar-refractivity contribution in [3.05, 3.63) is 74.3 Å². The number of hydrogen-bond donors (Lipinski definition) is 4. The number of aryl methyl sites for hydroxylation is 4. The highest BCUT2D eigenvalue weighted by molar-refractivity contribution is 5.78. The number of H-pyrrole nitrogens is 1. The van der Waals surface area contributed by atoms with Crippen LogP contribution in [0.15, 0.2) is 29.3 Å². The number of nitrogens with one attached hydrogen (secondary N) is 3. The predicted molar refractivity (Wildman–Crippen MR) is 116 cm³/mol. The van der Waals surface area contributed by atoms with Gasteiger partial charge in [-0.1, -0.05) is 0 Å². The van der Waals surface area contributed by atoms with E-state index in [1.54, 1.807) is 18.5 Å². The standard InChI is InChI=1S/C21H27N7O2/c1-12-5-6-28(25-10-16-9-23-15(4)27-16)21(30)17(12)8-20(29)24-11-18-13(2)7-19(22)26-14(18)3/h5-7,9,25H,8,10-11H2,1-4H3,(H2,22,26)(H,23,27)(H,24,29). The van der Waals surface area contributed by atoms with Crippen molar-refractivity contribution in [3.8, 4) is 0 Å². The second-order valence-corrected chi connectivity index (χ2v) is 7.36. The van der Waals surface area contributed by atoms with Crippen LogP contribution in [0.25, 0.3) is 0 Å². The summed E-state index contributed by atoms with van der Waals surface area (Å²) in [5.41, 5.74) is 13.3. The second-order valence-electron chi connectivity index (χ2n) is 7.36. The normalized spacial score (nSPS) is 10.8. The Kier molecular flexibility index (Phi) is 6.20. The number of rotatable bonds is 7. The fourth-order valence-corrected chi connectivity index (χ4v) is 3.31. The van der Waals surface area contributed by atoms with E-state index in [0.29, 0.717) is 24.5 Å². The van der Waals surface area contributed by atoms with Crippen LogP contribution < -0.4 is 22.0 Å². The number of aromatic amines is 1. The third-order valence-corrected chi connectivity index (χ3v) is 5.00. The summed E-state index contributed by atoms with van der Waals surface area (Å²) < 4.78 is 1.39. The number of amides is 1. The molecule has 9 nitrogen and oxygen atoms in total. The Labute approximate surface area is 174 Å². The van der Waals surface area contributed by atoms with Gasteiger partial charge in [0, 0.05) is 24.0 Å². The van der Waals surface area contributed by atoms with E-state index in [-0.39, 0.29) is 17.9 Å². The minimum absolute atomic E-state index is 0.00313. The largest absolute Gasteiger partial charge is 0.384 e. The maximum atomic E-state index is 12.8. The SMILES string of the molecule is Cc1ncc(CNn2ccc(C)c(CC(=O)NCc3c(C)cc(N)nc3C)c2=O)[nH]1. The lowest BCUT2D eigenvalue weighted by atomic mass is 10.1. The quantitative estimate of drug-likeness (QED) is 0.466. The van der Waals surface area contributed by atoms with Gasteiger partial charge in [-0.15, -0.1) is 0 Å². The molecule has 0 aromatic carbocycles. The maximum Gasteiger partial charge on any atom is 0.272 e. The van der Waals surface area contributed by atoms with E-state index >= 15 is 0 Å². The van der Waals surface area contributed by atoms with Gasteiger partial charge in [-0.25, -0.2) is 14.6 Å². The highest BCUT2D eigenvalue weighted by atomic mass is 16.2. The number of pyridine rings is 2. The Morgan fingerprint density at radius 2 is 1.93 bits per heavy atom. The van der Waals surface area contributed by atoms with Crippen LogP contribution in [0.3, 0.4) is 0 Å². The Balaban J connectivity index is 1.68. The molecule has 1 amide bonds. The van der Waals surface area contributed by atoms with E-state index in [2.05, 4.69) is 25.7 Å². The third kappa shape index (κ3) is 4.86. The van der Waals surface area contributed by atoms with E-state index in [0.717, 1.165) is 33.9 Å². The fraction of sp³-hybridized carbons (Fsp3) is 0.333. The Morgan fingerprint density at radius 3 is 2.60 bits per heavy atom. The van der Waals surface area contributed by atoms with Crippen molar-refractivity contribution in [1.29, 1.82) is 0 Å². The van der Waals surface area contributed by atoms with Crippen molar-refractivity contribution >= 4 is 11.7 Å². The number of imidazole rings is 1. The van der Waals surface area contributed by atoms with Gasteiger partial charge in [0.2, 0.25) is 5.91 Å². The number of hydrogen-bond acceptors (Lipinski definition) is 6. The zero-order valence-corrected chi connectivity index (χ0v) is 17.7. The van der Waals surface area contributed by atoms with E-state index in [4.69, 9.17) is 5.73 Å². The van der Waals surface area contributed by atoms with Crippen molar-refractivity contribution in [1.82, 2.24) is 24.9 Å². The monoisotopic (exact) mass is 409 g/mol. The molecule has 0 saturated heterocycles. The molecule has 0 spiro atoms. The summed E-state index contributed by atoms with van der Waals surface area (Å²) in [4.78, 5) is 36.9. The van der Waals surface area contributed by atoms with Crippen LogP contribution in [-0.2, 0) is 24.3 Å². The first-order valence-corrected chi connectivity index (χ1v) is 9.69. The zero-order chi connectivity index (χ0) is 21.8. The number of carbonyl (C=O) groups is 1. The lowest BCUT2D eigenvalue weighted by Gasteiger charge is -2.14. The molecule has 3 aromatic heterocycles. The molecule has 3 heterocycles. The van der Waals surface area contributed by atoms with Crippen LogP contribution in [-0.4, -0.2) is 25.5 Å². The molecule has 3 aromatic rings. The van der Waals surface area contributed by atoms with Crippen LogP contribution in [0.4, 0.5) is 5.82 Å². The lowest BCUT2D eigenvalue weighted by molar-refractivity contribution is -0.120. The van der Waals surface area contributed by atoms with Gasteiger partial charge in [0.25, 0.3) is 5.56 Å². The molecule has 0 aliphatic carbocycles. The molecule has 158 valence electrons. The third-order valence-electron chi connectivity index (χ3n) is 5.00. The molecule has 0 atom stereocenters.